The summed E-state index contributed by atoms with van der Waals surface area (Å²) in [6.07, 6.45) is 3.07. The Bertz CT molecular complexity index is 859. The van der Waals surface area contributed by atoms with Crippen molar-refractivity contribution in [2.24, 2.45) is 0 Å². The van der Waals surface area contributed by atoms with Crippen LogP contribution >= 0.6 is 0 Å². The van der Waals surface area contributed by atoms with E-state index in [0.29, 0.717) is 18.3 Å². The lowest BCUT2D eigenvalue weighted by Crippen LogP contribution is -2.46. The Balaban J connectivity index is 1.48. The van der Waals surface area contributed by atoms with E-state index in [1.807, 2.05) is 19.9 Å². The highest BCUT2D eigenvalue weighted by Crippen LogP contribution is 2.28. The zero-order valence-electron chi connectivity index (χ0n) is 15.0. The number of hydrogen-bond donors (Lipinski definition) is 0. The van der Waals surface area contributed by atoms with E-state index in [1.54, 1.807) is 6.33 Å². The smallest absolute Gasteiger partial charge is 0.240 e. The molecule has 2 aromatic heterocycles. The summed E-state index contributed by atoms with van der Waals surface area (Å²) in [4.78, 5) is 17.4. The quantitative estimate of drug-likeness (QED) is 0.689. The van der Waals surface area contributed by atoms with Gasteiger partial charge in [-0.2, -0.15) is 4.98 Å². The molecule has 1 aromatic carbocycles. The van der Waals surface area contributed by atoms with Gasteiger partial charge in [0.25, 0.3) is 0 Å². The molecule has 0 saturated carbocycles. The number of aromatic nitrogens is 4. The van der Waals surface area contributed by atoms with Crippen molar-refractivity contribution in [3.63, 3.8) is 0 Å². The molecule has 0 aliphatic carbocycles. The van der Waals surface area contributed by atoms with E-state index in [-0.39, 0.29) is 6.10 Å². The number of benzene rings is 1. The lowest BCUT2D eigenvalue weighted by molar-refractivity contribution is 0.215. The number of ether oxygens (including phenoxy) is 1. The first kappa shape index (κ1) is 16.7. The molecule has 3 heterocycles. The van der Waals surface area contributed by atoms with Crippen LogP contribution in [0.25, 0.3) is 10.9 Å². The van der Waals surface area contributed by atoms with Crippen LogP contribution in [-0.4, -0.2) is 57.3 Å². The van der Waals surface area contributed by atoms with E-state index < -0.39 is 0 Å². The van der Waals surface area contributed by atoms with E-state index >= 15 is 0 Å². The first-order chi connectivity index (χ1) is 12.7. The molecule has 1 saturated heterocycles. The Kier molecular flexibility index (Phi) is 4.66. The van der Waals surface area contributed by atoms with Gasteiger partial charge in [0.05, 0.1) is 23.6 Å². The van der Waals surface area contributed by atoms with E-state index in [9.17, 15) is 0 Å². The number of nitrogens with zero attached hydrogens (tertiary/aromatic N) is 6. The maximum absolute atomic E-state index is 5.84. The van der Waals surface area contributed by atoms with Crippen molar-refractivity contribution in [3.8, 4) is 5.88 Å². The SMILES string of the molecule is CC(C)Oc1ncnc2ccc(N3CCN(Cc4ncno4)CC3)cc12. The summed E-state index contributed by atoms with van der Waals surface area (Å²) >= 11 is 0. The lowest BCUT2D eigenvalue weighted by Gasteiger charge is -2.35. The van der Waals surface area contributed by atoms with Gasteiger partial charge in [-0.05, 0) is 32.0 Å². The molecule has 0 unspecified atom stereocenters. The fraction of sp³-hybridized carbons (Fsp3) is 0.444. The molecule has 0 radical (unpaired) electrons. The van der Waals surface area contributed by atoms with Crippen LogP contribution in [0.15, 0.2) is 35.4 Å². The predicted octanol–water partition coefficient (Wildman–Crippen LogP) is 2.12. The van der Waals surface area contributed by atoms with Crippen LogP contribution in [0, 0.1) is 0 Å². The van der Waals surface area contributed by atoms with E-state index in [1.165, 1.54) is 12.0 Å². The van der Waals surface area contributed by atoms with Crippen LogP contribution in [0.3, 0.4) is 0 Å². The van der Waals surface area contributed by atoms with Crippen LogP contribution in [-0.2, 0) is 6.54 Å². The Labute approximate surface area is 151 Å². The second kappa shape index (κ2) is 7.25. The van der Waals surface area contributed by atoms with E-state index in [4.69, 9.17) is 9.26 Å². The number of anilines is 1. The minimum Gasteiger partial charge on any atom is -0.474 e. The topological polar surface area (TPSA) is 80.4 Å². The number of rotatable bonds is 5. The molecule has 0 amide bonds. The molecule has 1 fully saturated rings. The van der Waals surface area contributed by atoms with Gasteiger partial charge in [0.15, 0.2) is 6.33 Å². The fourth-order valence-corrected chi connectivity index (χ4v) is 3.16. The van der Waals surface area contributed by atoms with E-state index in [0.717, 1.165) is 37.1 Å². The molecule has 8 nitrogen and oxygen atoms in total. The van der Waals surface area contributed by atoms with Gasteiger partial charge in [0, 0.05) is 31.9 Å². The maximum Gasteiger partial charge on any atom is 0.240 e. The van der Waals surface area contributed by atoms with Crippen molar-refractivity contribution >= 4 is 16.6 Å². The van der Waals surface area contributed by atoms with Crippen molar-refractivity contribution < 1.29 is 9.26 Å². The zero-order valence-corrected chi connectivity index (χ0v) is 15.0. The van der Waals surface area contributed by atoms with Crippen LogP contribution in [0.1, 0.15) is 19.7 Å². The Morgan fingerprint density at radius 2 is 1.92 bits per heavy atom. The normalized spacial score (nSPS) is 15.7. The highest BCUT2D eigenvalue weighted by atomic mass is 16.5. The minimum absolute atomic E-state index is 0.0741. The summed E-state index contributed by atoms with van der Waals surface area (Å²) < 4.78 is 10.9. The van der Waals surface area contributed by atoms with Crippen molar-refractivity contribution in [2.75, 3.05) is 31.1 Å². The second-order valence-electron chi connectivity index (χ2n) is 6.65. The van der Waals surface area contributed by atoms with Crippen LogP contribution in [0.4, 0.5) is 5.69 Å². The first-order valence-electron chi connectivity index (χ1n) is 8.83. The standard InChI is InChI=1S/C18H22N6O2/c1-13(2)25-18-15-9-14(3-4-16(15)19-11-21-18)24-7-5-23(6-8-24)10-17-20-12-22-26-17/h3-4,9,11-13H,5-8,10H2,1-2H3. The molecule has 0 bridgehead atoms. The van der Waals surface area contributed by atoms with Gasteiger partial charge in [0.2, 0.25) is 11.8 Å². The molecule has 1 aliphatic rings. The molecule has 26 heavy (non-hydrogen) atoms. The lowest BCUT2D eigenvalue weighted by atomic mass is 10.2. The van der Waals surface area contributed by atoms with Crippen LogP contribution in [0.5, 0.6) is 5.88 Å². The maximum atomic E-state index is 5.84. The van der Waals surface area contributed by atoms with Gasteiger partial charge in [-0.3, -0.25) is 4.90 Å². The number of fused-ring (bicyclic) bond motifs is 1. The summed E-state index contributed by atoms with van der Waals surface area (Å²) in [6, 6.07) is 6.27. The van der Waals surface area contributed by atoms with Crippen LogP contribution < -0.4 is 9.64 Å². The molecule has 0 spiro atoms. The third-order valence-electron chi connectivity index (χ3n) is 4.43. The molecule has 0 N–H and O–H groups in total. The summed E-state index contributed by atoms with van der Waals surface area (Å²) in [6.45, 7) is 8.47. The highest BCUT2D eigenvalue weighted by molar-refractivity contribution is 5.86. The first-order valence-corrected chi connectivity index (χ1v) is 8.83. The Morgan fingerprint density at radius 1 is 1.08 bits per heavy atom. The third-order valence-corrected chi connectivity index (χ3v) is 4.43. The summed E-state index contributed by atoms with van der Waals surface area (Å²) in [5.41, 5.74) is 2.06. The monoisotopic (exact) mass is 354 g/mol. The van der Waals surface area contributed by atoms with Crippen molar-refractivity contribution in [3.05, 3.63) is 36.7 Å². The molecular formula is C18H22N6O2. The van der Waals surface area contributed by atoms with Gasteiger partial charge in [-0.1, -0.05) is 5.16 Å². The molecule has 4 rings (SSSR count). The van der Waals surface area contributed by atoms with E-state index in [2.05, 4.69) is 42.0 Å². The van der Waals surface area contributed by atoms with Gasteiger partial charge < -0.3 is 14.2 Å². The molecule has 0 atom stereocenters. The fourth-order valence-electron chi connectivity index (χ4n) is 3.16. The largest absolute Gasteiger partial charge is 0.474 e. The van der Waals surface area contributed by atoms with Gasteiger partial charge in [-0.25, -0.2) is 9.97 Å². The van der Waals surface area contributed by atoms with Gasteiger partial charge in [-0.15, -0.1) is 0 Å². The van der Waals surface area contributed by atoms with Crippen molar-refractivity contribution in [2.45, 2.75) is 26.5 Å². The minimum atomic E-state index is 0.0741. The predicted molar refractivity (Wildman–Crippen MR) is 97.1 cm³/mol. The van der Waals surface area contributed by atoms with Crippen LogP contribution in [0.2, 0.25) is 0 Å². The highest BCUT2D eigenvalue weighted by Gasteiger charge is 2.19. The van der Waals surface area contributed by atoms with Gasteiger partial charge >= 0.3 is 0 Å². The average Bonchev–Trinajstić information content (AvgIpc) is 3.15. The van der Waals surface area contributed by atoms with Crippen molar-refractivity contribution in [1.82, 2.24) is 25.0 Å². The molecular weight excluding hydrogens is 332 g/mol. The molecule has 3 aromatic rings. The summed E-state index contributed by atoms with van der Waals surface area (Å²) in [5.74, 6) is 1.30. The Morgan fingerprint density at radius 3 is 2.65 bits per heavy atom. The third kappa shape index (κ3) is 3.60. The number of hydrogen-bond acceptors (Lipinski definition) is 8. The zero-order chi connectivity index (χ0) is 17.9. The second-order valence-corrected chi connectivity index (χ2v) is 6.65. The summed E-state index contributed by atoms with van der Waals surface area (Å²) in [7, 11) is 0. The Hall–Kier alpha value is -2.74. The number of piperazine rings is 1. The van der Waals surface area contributed by atoms with Crippen molar-refractivity contribution in [1.29, 1.82) is 0 Å². The van der Waals surface area contributed by atoms with Gasteiger partial charge in [0.1, 0.15) is 6.33 Å². The molecule has 8 heteroatoms. The summed E-state index contributed by atoms with van der Waals surface area (Å²) in [5, 5.41) is 4.61. The molecule has 1 aliphatic heterocycles. The molecule has 136 valence electrons. The average molecular weight is 354 g/mol.